The van der Waals surface area contributed by atoms with E-state index in [1.54, 1.807) is 11.3 Å². The van der Waals surface area contributed by atoms with Gasteiger partial charge in [-0.05, 0) is 43.0 Å². The van der Waals surface area contributed by atoms with Crippen molar-refractivity contribution in [2.75, 3.05) is 13.2 Å². The van der Waals surface area contributed by atoms with Gasteiger partial charge in [-0.2, -0.15) is 0 Å². The molecule has 0 unspecified atom stereocenters. The molecule has 0 aliphatic heterocycles. The van der Waals surface area contributed by atoms with Gasteiger partial charge in [0.1, 0.15) is 9.88 Å². The summed E-state index contributed by atoms with van der Waals surface area (Å²) in [6.07, 6.45) is 2.96. The highest BCUT2D eigenvalue weighted by Crippen LogP contribution is 2.48. The molecule has 6 heteroatoms. The summed E-state index contributed by atoms with van der Waals surface area (Å²) in [7, 11) is 0. The molecular weight excluding hydrogens is 304 g/mol. The van der Waals surface area contributed by atoms with Crippen molar-refractivity contribution in [3.63, 3.8) is 0 Å². The lowest BCUT2D eigenvalue weighted by Crippen LogP contribution is -2.30. The van der Waals surface area contributed by atoms with E-state index in [0.29, 0.717) is 11.4 Å². The fraction of sp³-hybridized carbons (Fsp3) is 0.467. The molecule has 21 heavy (non-hydrogen) atoms. The van der Waals surface area contributed by atoms with Crippen LogP contribution in [0.25, 0.3) is 9.88 Å². The summed E-state index contributed by atoms with van der Waals surface area (Å²) in [5.74, 6) is -0.0444. The number of aryl methyl sites for hydroxylation is 1. The van der Waals surface area contributed by atoms with Gasteiger partial charge in [0, 0.05) is 13.2 Å². The number of hydrogen-bond donors (Lipinski definition) is 2. The van der Waals surface area contributed by atoms with Crippen molar-refractivity contribution >= 4 is 28.6 Å². The molecule has 1 fully saturated rings. The van der Waals surface area contributed by atoms with E-state index in [1.807, 2.05) is 24.4 Å². The Kier molecular flexibility index (Phi) is 4.10. The van der Waals surface area contributed by atoms with E-state index < -0.39 is 0 Å². The number of aliphatic hydroxyl groups is 1. The highest BCUT2D eigenvalue weighted by Gasteiger charge is 2.42. The first kappa shape index (κ1) is 14.7. The standard InChI is InChI=1S/C15H18N2O2S2/c1-10-12(21-14(17-10)11-3-2-8-20-11)13(19)16-9-15(4-5-15)6-7-18/h2-3,8,18H,4-7,9H2,1H3,(H,16,19). The van der Waals surface area contributed by atoms with E-state index in [2.05, 4.69) is 10.3 Å². The molecular formula is C15H18N2O2S2. The molecule has 0 bridgehead atoms. The van der Waals surface area contributed by atoms with Crippen LogP contribution in [0.5, 0.6) is 0 Å². The summed E-state index contributed by atoms with van der Waals surface area (Å²) >= 11 is 3.08. The lowest BCUT2D eigenvalue weighted by atomic mass is 10.0. The first-order valence-corrected chi connectivity index (χ1v) is 8.73. The number of nitrogens with one attached hydrogen (secondary N) is 1. The highest BCUT2D eigenvalue weighted by molar-refractivity contribution is 7.22. The topological polar surface area (TPSA) is 62.2 Å². The number of carbonyl (C=O) groups is 1. The lowest BCUT2D eigenvalue weighted by molar-refractivity contribution is 0.0944. The van der Waals surface area contributed by atoms with E-state index in [1.165, 1.54) is 11.3 Å². The summed E-state index contributed by atoms with van der Waals surface area (Å²) in [5, 5.41) is 15.0. The van der Waals surface area contributed by atoms with Crippen molar-refractivity contribution in [1.29, 1.82) is 0 Å². The Balaban J connectivity index is 1.68. The Morgan fingerprint density at radius 1 is 1.52 bits per heavy atom. The Hall–Kier alpha value is -1.24. The van der Waals surface area contributed by atoms with Crippen molar-refractivity contribution in [3.05, 3.63) is 28.1 Å². The maximum Gasteiger partial charge on any atom is 0.263 e. The largest absolute Gasteiger partial charge is 0.396 e. The zero-order valence-electron chi connectivity index (χ0n) is 11.9. The molecule has 2 N–H and O–H groups in total. The molecule has 3 rings (SSSR count). The third-order valence-corrected chi connectivity index (χ3v) is 6.15. The molecule has 1 aliphatic rings. The van der Waals surface area contributed by atoms with Gasteiger partial charge in [-0.1, -0.05) is 6.07 Å². The number of rotatable bonds is 6. The molecule has 4 nitrogen and oxygen atoms in total. The van der Waals surface area contributed by atoms with Gasteiger partial charge in [-0.25, -0.2) is 4.98 Å². The van der Waals surface area contributed by atoms with Crippen molar-refractivity contribution in [2.24, 2.45) is 5.41 Å². The minimum atomic E-state index is -0.0444. The number of aliphatic hydroxyl groups excluding tert-OH is 1. The molecule has 2 aromatic rings. The third-order valence-electron chi connectivity index (χ3n) is 3.96. The van der Waals surface area contributed by atoms with Gasteiger partial charge in [0.2, 0.25) is 0 Å². The maximum atomic E-state index is 12.3. The van der Waals surface area contributed by atoms with Gasteiger partial charge < -0.3 is 10.4 Å². The van der Waals surface area contributed by atoms with E-state index >= 15 is 0 Å². The molecule has 1 saturated carbocycles. The molecule has 0 atom stereocenters. The Morgan fingerprint density at radius 2 is 2.33 bits per heavy atom. The van der Waals surface area contributed by atoms with Gasteiger partial charge in [0.05, 0.1) is 10.6 Å². The first-order valence-electron chi connectivity index (χ1n) is 7.04. The molecule has 2 aromatic heterocycles. The second-order valence-corrected chi connectivity index (χ2v) is 7.51. The van der Waals surface area contributed by atoms with Crippen molar-refractivity contribution < 1.29 is 9.90 Å². The molecule has 0 spiro atoms. The molecule has 112 valence electrons. The Bertz CT molecular complexity index is 630. The Labute approximate surface area is 131 Å². The number of hydrogen-bond acceptors (Lipinski definition) is 5. The monoisotopic (exact) mass is 322 g/mol. The number of nitrogens with zero attached hydrogens (tertiary/aromatic N) is 1. The van der Waals surface area contributed by atoms with Crippen LogP contribution in [-0.2, 0) is 0 Å². The predicted octanol–water partition coefficient (Wildman–Crippen LogP) is 3.07. The molecule has 2 heterocycles. The van der Waals surface area contributed by atoms with E-state index in [4.69, 9.17) is 5.11 Å². The van der Waals surface area contributed by atoms with Crippen molar-refractivity contribution in [2.45, 2.75) is 26.2 Å². The first-order chi connectivity index (χ1) is 10.1. The summed E-state index contributed by atoms with van der Waals surface area (Å²) in [5.41, 5.74) is 0.924. The van der Waals surface area contributed by atoms with E-state index in [0.717, 1.165) is 34.8 Å². The van der Waals surface area contributed by atoms with Gasteiger partial charge in [-0.15, -0.1) is 22.7 Å². The van der Waals surface area contributed by atoms with Crippen molar-refractivity contribution in [1.82, 2.24) is 10.3 Å². The summed E-state index contributed by atoms with van der Waals surface area (Å²) in [4.78, 5) is 18.6. The predicted molar refractivity (Wildman–Crippen MR) is 85.9 cm³/mol. The average Bonchev–Trinajstić information content (AvgIpc) is 2.91. The molecule has 1 aliphatic carbocycles. The molecule has 0 radical (unpaired) electrons. The maximum absolute atomic E-state index is 12.3. The van der Waals surface area contributed by atoms with Crippen LogP contribution in [0.3, 0.4) is 0 Å². The van der Waals surface area contributed by atoms with Crippen LogP contribution in [-0.4, -0.2) is 29.1 Å². The minimum Gasteiger partial charge on any atom is -0.396 e. The SMILES string of the molecule is Cc1nc(-c2cccs2)sc1C(=O)NCC1(CCO)CC1. The van der Waals surface area contributed by atoms with Crippen LogP contribution < -0.4 is 5.32 Å². The normalized spacial score (nSPS) is 15.9. The van der Waals surface area contributed by atoms with Gasteiger partial charge in [0.15, 0.2) is 0 Å². The minimum absolute atomic E-state index is 0.0444. The fourth-order valence-corrected chi connectivity index (χ4v) is 4.17. The zero-order chi connectivity index (χ0) is 14.9. The Morgan fingerprint density at radius 3 is 2.95 bits per heavy atom. The fourth-order valence-electron chi connectivity index (χ4n) is 2.39. The lowest BCUT2D eigenvalue weighted by Gasteiger charge is -2.13. The van der Waals surface area contributed by atoms with Gasteiger partial charge in [0.25, 0.3) is 5.91 Å². The smallest absolute Gasteiger partial charge is 0.263 e. The second kappa shape index (κ2) is 5.87. The van der Waals surface area contributed by atoms with Gasteiger partial charge >= 0.3 is 0 Å². The highest BCUT2D eigenvalue weighted by atomic mass is 32.1. The summed E-state index contributed by atoms with van der Waals surface area (Å²) < 4.78 is 0. The third kappa shape index (κ3) is 3.17. The van der Waals surface area contributed by atoms with Gasteiger partial charge in [-0.3, -0.25) is 4.79 Å². The van der Waals surface area contributed by atoms with Crippen LogP contribution in [0, 0.1) is 12.3 Å². The number of thiazole rings is 1. The zero-order valence-corrected chi connectivity index (χ0v) is 13.5. The van der Waals surface area contributed by atoms with Crippen LogP contribution in [0.1, 0.15) is 34.6 Å². The number of amides is 1. The van der Waals surface area contributed by atoms with E-state index in [-0.39, 0.29) is 17.9 Å². The average molecular weight is 322 g/mol. The van der Waals surface area contributed by atoms with Crippen LogP contribution in [0.4, 0.5) is 0 Å². The summed E-state index contributed by atoms with van der Waals surface area (Å²) in [6.45, 7) is 2.72. The number of thiophene rings is 1. The number of aromatic nitrogens is 1. The number of carbonyl (C=O) groups excluding carboxylic acids is 1. The summed E-state index contributed by atoms with van der Waals surface area (Å²) in [6, 6.07) is 4.01. The van der Waals surface area contributed by atoms with E-state index in [9.17, 15) is 4.79 Å². The molecule has 0 aromatic carbocycles. The van der Waals surface area contributed by atoms with Crippen LogP contribution in [0.15, 0.2) is 17.5 Å². The van der Waals surface area contributed by atoms with Crippen LogP contribution >= 0.6 is 22.7 Å². The molecule has 1 amide bonds. The van der Waals surface area contributed by atoms with Crippen molar-refractivity contribution in [3.8, 4) is 9.88 Å². The quantitative estimate of drug-likeness (QED) is 0.859. The molecule has 0 saturated heterocycles. The second-order valence-electron chi connectivity index (χ2n) is 5.57. The van der Waals surface area contributed by atoms with Crippen LogP contribution in [0.2, 0.25) is 0 Å².